The summed E-state index contributed by atoms with van der Waals surface area (Å²) in [6.45, 7) is 3.90. The van der Waals surface area contributed by atoms with Crippen LogP contribution < -0.4 is 11.1 Å². The molecule has 1 unspecified atom stereocenters. The molecule has 5 nitrogen and oxygen atoms in total. The maximum absolute atomic E-state index is 12.2. The highest BCUT2D eigenvalue weighted by Gasteiger charge is 2.25. The molecule has 1 heterocycles. The molecule has 0 aliphatic rings. The van der Waals surface area contributed by atoms with Gasteiger partial charge in [0.2, 0.25) is 0 Å². The molecule has 6 heteroatoms. The van der Waals surface area contributed by atoms with Gasteiger partial charge in [-0.2, -0.15) is 0 Å². The number of nitrogen functional groups attached to an aromatic ring is 1. The molecule has 0 spiro atoms. The zero-order valence-electron chi connectivity index (χ0n) is 10.5. The van der Waals surface area contributed by atoms with E-state index in [4.69, 9.17) is 10.8 Å². The van der Waals surface area contributed by atoms with Crippen molar-refractivity contribution < 1.29 is 9.90 Å². The molecule has 0 aliphatic heterocycles. The van der Waals surface area contributed by atoms with Crippen LogP contribution >= 0.6 is 15.9 Å². The van der Waals surface area contributed by atoms with Gasteiger partial charge >= 0.3 is 0 Å². The number of halogens is 1. The van der Waals surface area contributed by atoms with E-state index in [0.29, 0.717) is 22.3 Å². The summed E-state index contributed by atoms with van der Waals surface area (Å²) in [5.41, 5.74) is 5.59. The maximum atomic E-state index is 12.2. The molecule has 0 aromatic carbocycles. The van der Waals surface area contributed by atoms with E-state index in [1.165, 1.54) is 12.3 Å². The van der Waals surface area contributed by atoms with Crippen LogP contribution in [0.15, 0.2) is 16.7 Å². The Kier molecular flexibility index (Phi) is 5.10. The van der Waals surface area contributed by atoms with Gasteiger partial charge in [0, 0.05) is 22.8 Å². The topological polar surface area (TPSA) is 88.2 Å². The Morgan fingerprint density at radius 2 is 2.33 bits per heavy atom. The fraction of sp³-hybridized carbons (Fsp3) is 0.500. The molecule has 1 aromatic heterocycles. The van der Waals surface area contributed by atoms with E-state index in [9.17, 15) is 4.79 Å². The van der Waals surface area contributed by atoms with Crippen molar-refractivity contribution in [3.05, 3.63) is 22.3 Å². The molecule has 0 aliphatic carbocycles. The van der Waals surface area contributed by atoms with Crippen molar-refractivity contribution in [2.24, 2.45) is 0 Å². The lowest BCUT2D eigenvalue weighted by molar-refractivity contribution is 0.0885. The van der Waals surface area contributed by atoms with E-state index < -0.39 is 5.54 Å². The zero-order valence-corrected chi connectivity index (χ0v) is 12.1. The monoisotopic (exact) mass is 315 g/mol. The molecule has 1 atom stereocenters. The highest BCUT2D eigenvalue weighted by molar-refractivity contribution is 9.10. The van der Waals surface area contributed by atoms with Gasteiger partial charge in [-0.1, -0.05) is 6.92 Å². The van der Waals surface area contributed by atoms with E-state index >= 15 is 0 Å². The fourth-order valence-corrected chi connectivity index (χ4v) is 1.94. The summed E-state index contributed by atoms with van der Waals surface area (Å²) in [5.74, 6) is 0.0671. The predicted octanol–water partition coefficient (Wildman–Crippen LogP) is 1.71. The van der Waals surface area contributed by atoms with Gasteiger partial charge in [0.05, 0.1) is 5.56 Å². The zero-order chi connectivity index (χ0) is 13.8. The lowest BCUT2D eigenvalue weighted by atomic mass is 9.94. The Morgan fingerprint density at radius 3 is 2.89 bits per heavy atom. The third-order valence-electron chi connectivity index (χ3n) is 2.98. The van der Waals surface area contributed by atoms with Gasteiger partial charge in [0.25, 0.3) is 5.91 Å². The number of carbonyl (C=O) groups excluding carboxylic acids is 1. The maximum Gasteiger partial charge on any atom is 0.253 e. The first-order chi connectivity index (χ1) is 8.41. The van der Waals surface area contributed by atoms with Gasteiger partial charge in [-0.3, -0.25) is 4.79 Å². The van der Waals surface area contributed by atoms with Crippen molar-refractivity contribution in [1.29, 1.82) is 0 Å². The highest BCUT2D eigenvalue weighted by Crippen LogP contribution is 2.20. The van der Waals surface area contributed by atoms with E-state index in [0.717, 1.165) is 6.42 Å². The predicted molar refractivity (Wildman–Crippen MR) is 74.2 cm³/mol. The minimum atomic E-state index is -0.427. The second-order valence-electron chi connectivity index (χ2n) is 4.43. The van der Waals surface area contributed by atoms with Gasteiger partial charge in [-0.15, -0.1) is 0 Å². The van der Waals surface area contributed by atoms with E-state index in [2.05, 4.69) is 26.2 Å². The Bertz CT molecular complexity index is 439. The van der Waals surface area contributed by atoms with Crippen molar-refractivity contribution in [3.8, 4) is 0 Å². The summed E-state index contributed by atoms with van der Waals surface area (Å²) in [4.78, 5) is 16.0. The average Bonchev–Trinajstić information content (AvgIpc) is 2.32. The standard InChI is InChI=1S/C12H18BrN3O2/c1-3-12(2,4-5-17)16-11(18)8-6-10(14)15-7-9(8)13/h6-7,17H,3-5H2,1-2H3,(H2,14,15)(H,16,18). The minimum absolute atomic E-state index is 0.0320. The van der Waals surface area contributed by atoms with Crippen LogP contribution in [0.4, 0.5) is 5.82 Å². The summed E-state index contributed by atoms with van der Waals surface area (Å²) in [6, 6.07) is 1.52. The molecule has 0 bridgehead atoms. The van der Waals surface area contributed by atoms with Crippen LogP contribution in [-0.4, -0.2) is 28.1 Å². The number of hydrogen-bond donors (Lipinski definition) is 3. The SMILES string of the molecule is CCC(C)(CCO)NC(=O)c1cc(N)ncc1Br. The first kappa shape index (κ1) is 14.9. The number of anilines is 1. The van der Waals surface area contributed by atoms with Crippen LogP contribution in [0, 0.1) is 0 Å². The number of nitrogens with one attached hydrogen (secondary N) is 1. The third-order valence-corrected chi connectivity index (χ3v) is 3.61. The summed E-state index contributed by atoms with van der Waals surface area (Å²) < 4.78 is 0.594. The normalized spacial score (nSPS) is 14.0. The van der Waals surface area contributed by atoms with Crippen molar-refractivity contribution in [2.45, 2.75) is 32.2 Å². The van der Waals surface area contributed by atoms with Crippen LogP contribution in [0.2, 0.25) is 0 Å². The van der Waals surface area contributed by atoms with Crippen molar-refractivity contribution in [3.63, 3.8) is 0 Å². The Morgan fingerprint density at radius 1 is 1.67 bits per heavy atom. The van der Waals surface area contributed by atoms with Crippen molar-refractivity contribution in [1.82, 2.24) is 10.3 Å². The number of carbonyl (C=O) groups is 1. The fourth-order valence-electron chi connectivity index (χ4n) is 1.54. The van der Waals surface area contributed by atoms with E-state index in [1.54, 1.807) is 0 Å². The van der Waals surface area contributed by atoms with Crippen molar-refractivity contribution >= 4 is 27.7 Å². The summed E-state index contributed by atoms with van der Waals surface area (Å²) in [7, 11) is 0. The lowest BCUT2D eigenvalue weighted by Crippen LogP contribution is -2.46. The van der Waals surface area contributed by atoms with Gasteiger partial charge in [0.15, 0.2) is 0 Å². The number of aromatic nitrogens is 1. The van der Waals surface area contributed by atoms with E-state index in [1.807, 2.05) is 13.8 Å². The molecule has 0 saturated carbocycles. The van der Waals surface area contributed by atoms with Gasteiger partial charge in [-0.05, 0) is 41.8 Å². The molecule has 0 saturated heterocycles. The number of hydrogen-bond acceptors (Lipinski definition) is 4. The molecule has 0 fully saturated rings. The third kappa shape index (κ3) is 3.68. The second-order valence-corrected chi connectivity index (χ2v) is 5.29. The molecule has 1 rings (SSSR count). The van der Waals surface area contributed by atoms with Crippen LogP contribution in [0.5, 0.6) is 0 Å². The molecule has 1 amide bonds. The Labute approximate surface area is 115 Å². The van der Waals surface area contributed by atoms with E-state index in [-0.39, 0.29) is 12.5 Å². The number of amides is 1. The van der Waals surface area contributed by atoms with Crippen LogP contribution in [0.3, 0.4) is 0 Å². The summed E-state index contributed by atoms with van der Waals surface area (Å²) in [6.07, 6.45) is 2.74. The smallest absolute Gasteiger partial charge is 0.253 e. The highest BCUT2D eigenvalue weighted by atomic mass is 79.9. The first-order valence-corrected chi connectivity index (χ1v) is 6.55. The molecular weight excluding hydrogens is 298 g/mol. The molecule has 100 valence electrons. The molecular formula is C12H18BrN3O2. The summed E-state index contributed by atoms with van der Waals surface area (Å²) in [5, 5.41) is 11.9. The number of aliphatic hydroxyl groups excluding tert-OH is 1. The lowest BCUT2D eigenvalue weighted by Gasteiger charge is -2.29. The number of nitrogens with two attached hydrogens (primary N) is 1. The summed E-state index contributed by atoms with van der Waals surface area (Å²) >= 11 is 3.27. The second kappa shape index (κ2) is 6.15. The van der Waals surface area contributed by atoms with Crippen LogP contribution in [0.1, 0.15) is 37.0 Å². The molecule has 0 radical (unpaired) electrons. The van der Waals surface area contributed by atoms with Crippen molar-refractivity contribution in [2.75, 3.05) is 12.3 Å². The average molecular weight is 316 g/mol. The van der Waals surface area contributed by atoms with Crippen LogP contribution in [-0.2, 0) is 0 Å². The Balaban J connectivity index is 2.90. The number of rotatable bonds is 5. The number of pyridine rings is 1. The number of nitrogens with zero attached hydrogens (tertiary/aromatic N) is 1. The molecule has 1 aromatic rings. The number of aliphatic hydroxyl groups is 1. The minimum Gasteiger partial charge on any atom is -0.396 e. The van der Waals surface area contributed by atoms with Crippen LogP contribution in [0.25, 0.3) is 0 Å². The van der Waals surface area contributed by atoms with Gasteiger partial charge < -0.3 is 16.2 Å². The first-order valence-electron chi connectivity index (χ1n) is 5.76. The molecule has 18 heavy (non-hydrogen) atoms. The van der Waals surface area contributed by atoms with Gasteiger partial charge in [-0.25, -0.2) is 4.98 Å². The Hall–Kier alpha value is -1.14. The largest absolute Gasteiger partial charge is 0.396 e. The quantitative estimate of drug-likeness (QED) is 0.771. The molecule has 4 N–H and O–H groups in total. The van der Waals surface area contributed by atoms with Gasteiger partial charge in [0.1, 0.15) is 5.82 Å².